The lowest BCUT2D eigenvalue weighted by Gasteiger charge is -2.12. The van der Waals surface area contributed by atoms with Crippen LogP contribution in [0.4, 0.5) is 0 Å². The van der Waals surface area contributed by atoms with Gasteiger partial charge in [-0.3, -0.25) is 4.79 Å². The minimum atomic E-state index is -0.567. The van der Waals surface area contributed by atoms with Gasteiger partial charge in [-0.15, -0.1) is 0 Å². The summed E-state index contributed by atoms with van der Waals surface area (Å²) < 4.78 is 0. The second-order valence-electron chi connectivity index (χ2n) is 10.4. The fraction of sp³-hybridized carbons (Fsp3) is 0.903. The van der Waals surface area contributed by atoms with E-state index < -0.39 is 5.97 Å². The molecule has 1 N–H and O–H groups in total. The third kappa shape index (κ3) is 25.7. The van der Waals surface area contributed by atoms with Crippen LogP contribution >= 0.6 is 0 Å². The molecule has 0 fully saturated rings. The standard InChI is InChI=1S/C31H60O2/c1-3-5-7-9-11-13-14-15-16-17-18-19-20-21-23-25-27-29-30(31(32)33)28-26-24-22-12-10-8-6-4-2/h15-16,30H,3-14,17-29H2,1-2H3,(H,32,33). The molecule has 0 rings (SSSR count). The van der Waals surface area contributed by atoms with Gasteiger partial charge in [0.05, 0.1) is 5.92 Å². The third-order valence-corrected chi connectivity index (χ3v) is 7.07. The van der Waals surface area contributed by atoms with E-state index in [2.05, 4.69) is 26.0 Å². The van der Waals surface area contributed by atoms with Gasteiger partial charge in [0.2, 0.25) is 0 Å². The first-order chi connectivity index (χ1) is 16.2. The number of hydrogen-bond acceptors (Lipinski definition) is 1. The van der Waals surface area contributed by atoms with Crippen LogP contribution in [0.25, 0.3) is 0 Å². The van der Waals surface area contributed by atoms with Gasteiger partial charge in [-0.1, -0.05) is 148 Å². The van der Waals surface area contributed by atoms with E-state index in [9.17, 15) is 9.90 Å². The van der Waals surface area contributed by atoms with Gasteiger partial charge in [0.1, 0.15) is 0 Å². The molecule has 1 unspecified atom stereocenters. The average Bonchev–Trinajstić information content (AvgIpc) is 2.81. The van der Waals surface area contributed by atoms with Crippen LogP contribution in [0.15, 0.2) is 12.2 Å². The summed E-state index contributed by atoms with van der Waals surface area (Å²) >= 11 is 0. The highest BCUT2D eigenvalue weighted by molar-refractivity contribution is 5.69. The minimum absolute atomic E-state index is 0.104. The SMILES string of the molecule is CCCCCCCCC=CCCCCCCCCCC(CCCCCCCCCC)C(=O)O. The molecule has 0 aromatic rings. The fourth-order valence-corrected chi connectivity index (χ4v) is 4.73. The predicted molar refractivity (Wildman–Crippen MR) is 147 cm³/mol. The van der Waals surface area contributed by atoms with Crippen LogP contribution in [0.1, 0.15) is 174 Å². The third-order valence-electron chi connectivity index (χ3n) is 7.07. The molecule has 1 atom stereocenters. The Morgan fingerprint density at radius 2 is 0.818 bits per heavy atom. The summed E-state index contributed by atoms with van der Waals surface area (Å²) in [5, 5.41) is 9.50. The average molecular weight is 465 g/mol. The number of hydrogen-bond donors (Lipinski definition) is 1. The van der Waals surface area contributed by atoms with Crippen molar-refractivity contribution in [2.45, 2.75) is 174 Å². The quantitative estimate of drug-likeness (QED) is 0.0969. The summed E-state index contributed by atoms with van der Waals surface area (Å²) in [7, 11) is 0. The monoisotopic (exact) mass is 464 g/mol. The van der Waals surface area contributed by atoms with Crippen LogP contribution in [0.3, 0.4) is 0 Å². The van der Waals surface area contributed by atoms with Gasteiger partial charge in [-0.25, -0.2) is 0 Å². The van der Waals surface area contributed by atoms with Crippen molar-refractivity contribution in [3.63, 3.8) is 0 Å². The summed E-state index contributed by atoms with van der Waals surface area (Å²) in [6.07, 6.45) is 36.6. The molecule has 2 nitrogen and oxygen atoms in total. The summed E-state index contributed by atoms with van der Waals surface area (Å²) in [5.41, 5.74) is 0. The Bertz CT molecular complexity index is 415. The van der Waals surface area contributed by atoms with Crippen LogP contribution < -0.4 is 0 Å². The highest BCUT2D eigenvalue weighted by Crippen LogP contribution is 2.20. The molecule has 0 aliphatic heterocycles. The van der Waals surface area contributed by atoms with E-state index in [0.717, 1.165) is 25.7 Å². The van der Waals surface area contributed by atoms with E-state index in [-0.39, 0.29) is 5.92 Å². The molecule has 0 aliphatic carbocycles. The van der Waals surface area contributed by atoms with Crippen LogP contribution in [0.5, 0.6) is 0 Å². The van der Waals surface area contributed by atoms with Crippen molar-refractivity contribution in [2.24, 2.45) is 5.92 Å². The molecule has 0 aromatic heterocycles. The van der Waals surface area contributed by atoms with Crippen molar-refractivity contribution in [2.75, 3.05) is 0 Å². The van der Waals surface area contributed by atoms with Crippen molar-refractivity contribution in [3.8, 4) is 0 Å². The smallest absolute Gasteiger partial charge is 0.306 e. The van der Waals surface area contributed by atoms with Crippen molar-refractivity contribution in [1.29, 1.82) is 0 Å². The fourth-order valence-electron chi connectivity index (χ4n) is 4.73. The first kappa shape index (κ1) is 32.2. The lowest BCUT2D eigenvalue weighted by Crippen LogP contribution is -2.13. The van der Waals surface area contributed by atoms with E-state index in [4.69, 9.17) is 0 Å². The number of unbranched alkanes of at least 4 members (excludes halogenated alkanes) is 20. The zero-order valence-electron chi connectivity index (χ0n) is 22.8. The summed E-state index contributed by atoms with van der Waals surface area (Å²) in [6, 6.07) is 0. The Labute approximate surface area is 208 Å². The Morgan fingerprint density at radius 3 is 1.15 bits per heavy atom. The molecule has 0 heterocycles. The maximum Gasteiger partial charge on any atom is 0.306 e. The van der Waals surface area contributed by atoms with E-state index in [0.29, 0.717) is 0 Å². The maximum atomic E-state index is 11.5. The first-order valence-corrected chi connectivity index (χ1v) is 15.1. The molecular weight excluding hydrogens is 404 g/mol. The zero-order valence-corrected chi connectivity index (χ0v) is 22.8. The second kappa shape index (κ2) is 27.5. The van der Waals surface area contributed by atoms with Crippen molar-refractivity contribution in [3.05, 3.63) is 12.2 Å². The number of carbonyl (C=O) groups is 1. The second-order valence-corrected chi connectivity index (χ2v) is 10.4. The maximum absolute atomic E-state index is 11.5. The molecule has 0 bridgehead atoms. The van der Waals surface area contributed by atoms with E-state index in [1.165, 1.54) is 135 Å². The van der Waals surface area contributed by atoms with Gasteiger partial charge >= 0.3 is 5.97 Å². The molecule has 0 saturated heterocycles. The molecule has 2 heteroatoms. The summed E-state index contributed by atoms with van der Waals surface area (Å²) in [4.78, 5) is 11.5. The summed E-state index contributed by atoms with van der Waals surface area (Å²) in [5.74, 6) is -0.671. The molecule has 0 amide bonds. The van der Waals surface area contributed by atoms with Gasteiger partial charge in [0.25, 0.3) is 0 Å². The predicted octanol–water partition coefficient (Wildman–Crippen LogP) is 11.0. The Morgan fingerprint density at radius 1 is 0.515 bits per heavy atom. The van der Waals surface area contributed by atoms with E-state index in [1.807, 2.05) is 0 Å². The van der Waals surface area contributed by atoms with Gasteiger partial charge in [-0.05, 0) is 38.5 Å². The van der Waals surface area contributed by atoms with E-state index in [1.54, 1.807) is 0 Å². The number of carboxylic acid groups (broad SMARTS) is 1. The molecule has 0 saturated carbocycles. The Balaban J connectivity index is 3.42. The lowest BCUT2D eigenvalue weighted by atomic mass is 9.94. The van der Waals surface area contributed by atoms with E-state index >= 15 is 0 Å². The molecule has 33 heavy (non-hydrogen) atoms. The van der Waals surface area contributed by atoms with Crippen LogP contribution in [-0.4, -0.2) is 11.1 Å². The molecular formula is C31H60O2. The van der Waals surface area contributed by atoms with Crippen molar-refractivity contribution < 1.29 is 9.90 Å². The Hall–Kier alpha value is -0.790. The van der Waals surface area contributed by atoms with Crippen LogP contribution in [-0.2, 0) is 4.79 Å². The van der Waals surface area contributed by atoms with Crippen LogP contribution in [0.2, 0.25) is 0 Å². The minimum Gasteiger partial charge on any atom is -0.481 e. The molecule has 0 radical (unpaired) electrons. The molecule has 0 aromatic carbocycles. The Kier molecular flexibility index (Phi) is 26.8. The molecule has 0 aliphatic rings. The van der Waals surface area contributed by atoms with Gasteiger partial charge < -0.3 is 5.11 Å². The topological polar surface area (TPSA) is 37.3 Å². The zero-order chi connectivity index (χ0) is 24.2. The normalized spacial score (nSPS) is 12.5. The number of aliphatic carboxylic acids is 1. The lowest BCUT2D eigenvalue weighted by molar-refractivity contribution is -0.142. The first-order valence-electron chi connectivity index (χ1n) is 15.1. The molecule has 196 valence electrons. The summed E-state index contributed by atoms with van der Waals surface area (Å²) in [6.45, 7) is 4.53. The van der Waals surface area contributed by atoms with Crippen molar-refractivity contribution in [1.82, 2.24) is 0 Å². The van der Waals surface area contributed by atoms with Crippen molar-refractivity contribution >= 4 is 5.97 Å². The van der Waals surface area contributed by atoms with Gasteiger partial charge in [0, 0.05) is 0 Å². The van der Waals surface area contributed by atoms with Crippen LogP contribution in [0, 0.1) is 5.92 Å². The number of allylic oxidation sites excluding steroid dienone is 2. The highest BCUT2D eigenvalue weighted by atomic mass is 16.4. The van der Waals surface area contributed by atoms with Gasteiger partial charge in [-0.2, -0.15) is 0 Å². The van der Waals surface area contributed by atoms with Gasteiger partial charge in [0.15, 0.2) is 0 Å². The number of rotatable bonds is 27. The largest absolute Gasteiger partial charge is 0.481 e. The highest BCUT2D eigenvalue weighted by Gasteiger charge is 2.16. The molecule has 0 spiro atoms. The number of carboxylic acids is 1.